The molecule has 1 aromatic rings. The number of carbonyl (C=O) groups excluding carboxylic acids is 1. The van der Waals surface area contributed by atoms with Gasteiger partial charge in [0.1, 0.15) is 5.75 Å². The summed E-state index contributed by atoms with van der Waals surface area (Å²) in [4.78, 5) is 13.0. The number of hydrogen-bond acceptors (Lipinski definition) is 2. The largest absolute Gasteiger partial charge is 0.497 e. The van der Waals surface area contributed by atoms with Crippen molar-refractivity contribution in [3.63, 3.8) is 0 Å². The molecular weight excluding hydrogens is 271 g/mol. The summed E-state index contributed by atoms with van der Waals surface area (Å²) in [6, 6.07) is 6.82. The van der Waals surface area contributed by atoms with E-state index < -0.39 is 17.5 Å². The van der Waals surface area contributed by atoms with Crippen molar-refractivity contribution in [2.45, 2.75) is 19.6 Å². The number of nitrogens with zero attached hydrogens (tertiary/aromatic N) is 1. The van der Waals surface area contributed by atoms with Crippen LogP contribution in [0.2, 0.25) is 0 Å². The maximum absolute atomic E-state index is 12.9. The van der Waals surface area contributed by atoms with Gasteiger partial charge in [-0.3, -0.25) is 4.79 Å². The molecule has 1 aromatic carbocycles. The van der Waals surface area contributed by atoms with E-state index in [0.717, 1.165) is 23.5 Å². The molecule has 1 aliphatic heterocycles. The number of alkyl halides is 3. The van der Waals surface area contributed by atoms with Gasteiger partial charge in [0.2, 0.25) is 5.91 Å². The zero-order valence-corrected chi connectivity index (χ0v) is 11.1. The molecule has 0 spiro atoms. The van der Waals surface area contributed by atoms with Crippen LogP contribution in [0.1, 0.15) is 12.5 Å². The predicted molar refractivity (Wildman–Crippen MR) is 66.8 cm³/mol. The Morgan fingerprint density at radius 1 is 1.25 bits per heavy atom. The van der Waals surface area contributed by atoms with Gasteiger partial charge >= 0.3 is 6.18 Å². The van der Waals surface area contributed by atoms with Crippen molar-refractivity contribution in [1.29, 1.82) is 0 Å². The molecule has 0 N–H and O–H groups in total. The second-order valence-electron chi connectivity index (χ2n) is 4.80. The fraction of sp³-hybridized carbons (Fsp3) is 0.357. The maximum atomic E-state index is 12.9. The van der Waals surface area contributed by atoms with Gasteiger partial charge in [0, 0.05) is 6.20 Å². The number of hydrogen-bond donors (Lipinski definition) is 0. The standard InChI is InChI=1S/C14H14F3NO2/c1-13(14(15,16)17)7-8-18(12(13)19)9-10-3-5-11(20-2)6-4-10/h3-8H,9H2,1-2H3. The lowest BCUT2D eigenvalue weighted by molar-refractivity contribution is -0.203. The summed E-state index contributed by atoms with van der Waals surface area (Å²) < 4.78 is 43.7. The number of carbonyl (C=O) groups is 1. The fourth-order valence-corrected chi connectivity index (χ4v) is 1.94. The van der Waals surface area contributed by atoms with Crippen LogP contribution >= 0.6 is 0 Å². The van der Waals surface area contributed by atoms with E-state index in [1.54, 1.807) is 24.3 Å². The zero-order valence-electron chi connectivity index (χ0n) is 11.1. The van der Waals surface area contributed by atoms with Gasteiger partial charge in [0.15, 0.2) is 5.41 Å². The van der Waals surface area contributed by atoms with E-state index in [4.69, 9.17) is 4.74 Å². The van der Waals surface area contributed by atoms with E-state index >= 15 is 0 Å². The molecule has 1 amide bonds. The molecule has 1 aliphatic rings. The second kappa shape index (κ2) is 4.85. The highest BCUT2D eigenvalue weighted by Crippen LogP contribution is 2.44. The predicted octanol–water partition coefficient (Wildman–Crippen LogP) is 3.12. The summed E-state index contributed by atoms with van der Waals surface area (Å²) in [5.41, 5.74) is -1.70. The van der Waals surface area contributed by atoms with Crippen LogP contribution in [0.3, 0.4) is 0 Å². The molecule has 1 atom stereocenters. The van der Waals surface area contributed by atoms with Gasteiger partial charge in [-0.15, -0.1) is 0 Å². The first-order valence-electron chi connectivity index (χ1n) is 5.98. The van der Waals surface area contributed by atoms with Crippen molar-refractivity contribution in [3.05, 3.63) is 42.1 Å². The minimum atomic E-state index is -4.59. The molecule has 20 heavy (non-hydrogen) atoms. The average molecular weight is 285 g/mol. The van der Waals surface area contributed by atoms with Crippen LogP contribution in [0.4, 0.5) is 13.2 Å². The lowest BCUT2D eigenvalue weighted by atomic mass is 9.90. The quantitative estimate of drug-likeness (QED) is 0.854. The van der Waals surface area contributed by atoms with Gasteiger partial charge in [-0.1, -0.05) is 12.1 Å². The van der Waals surface area contributed by atoms with Crippen LogP contribution in [0.5, 0.6) is 5.75 Å². The molecule has 0 bridgehead atoms. The molecule has 0 saturated heterocycles. The monoisotopic (exact) mass is 285 g/mol. The molecule has 1 heterocycles. The van der Waals surface area contributed by atoms with Crippen LogP contribution in [0.25, 0.3) is 0 Å². The second-order valence-corrected chi connectivity index (χ2v) is 4.80. The normalized spacial score (nSPS) is 22.4. The van der Waals surface area contributed by atoms with Gasteiger partial charge < -0.3 is 9.64 Å². The molecule has 2 rings (SSSR count). The van der Waals surface area contributed by atoms with Gasteiger partial charge in [-0.2, -0.15) is 13.2 Å². The Morgan fingerprint density at radius 2 is 1.85 bits per heavy atom. The third-order valence-electron chi connectivity index (χ3n) is 3.39. The third-order valence-corrected chi connectivity index (χ3v) is 3.39. The van der Waals surface area contributed by atoms with Crippen molar-refractivity contribution in [1.82, 2.24) is 4.90 Å². The van der Waals surface area contributed by atoms with Gasteiger partial charge in [-0.05, 0) is 30.7 Å². The summed E-state index contributed by atoms with van der Waals surface area (Å²) in [6.45, 7) is 0.991. The van der Waals surface area contributed by atoms with E-state index in [2.05, 4.69) is 0 Å². The van der Waals surface area contributed by atoms with Gasteiger partial charge in [0.25, 0.3) is 0 Å². The highest BCUT2D eigenvalue weighted by Gasteiger charge is 2.58. The first kappa shape index (κ1) is 14.4. The fourth-order valence-electron chi connectivity index (χ4n) is 1.94. The Morgan fingerprint density at radius 3 is 2.30 bits per heavy atom. The minimum Gasteiger partial charge on any atom is -0.497 e. The van der Waals surface area contributed by atoms with E-state index in [-0.39, 0.29) is 6.54 Å². The summed E-state index contributed by atoms with van der Waals surface area (Å²) in [7, 11) is 1.52. The number of ether oxygens (including phenoxy) is 1. The summed E-state index contributed by atoms with van der Waals surface area (Å²) >= 11 is 0. The number of rotatable bonds is 3. The Bertz CT molecular complexity index is 536. The van der Waals surface area contributed by atoms with E-state index in [9.17, 15) is 18.0 Å². The van der Waals surface area contributed by atoms with Crippen molar-refractivity contribution in [2.75, 3.05) is 7.11 Å². The molecule has 0 radical (unpaired) electrons. The first-order valence-corrected chi connectivity index (χ1v) is 5.98. The number of halogens is 3. The van der Waals surface area contributed by atoms with Crippen molar-refractivity contribution < 1.29 is 22.7 Å². The Hall–Kier alpha value is -1.98. The van der Waals surface area contributed by atoms with Crippen LogP contribution < -0.4 is 4.74 Å². The van der Waals surface area contributed by atoms with Crippen LogP contribution in [0, 0.1) is 5.41 Å². The topological polar surface area (TPSA) is 29.5 Å². The molecule has 0 aromatic heterocycles. The Balaban J connectivity index is 2.13. The summed E-state index contributed by atoms with van der Waals surface area (Å²) in [5.74, 6) is -0.307. The van der Waals surface area contributed by atoms with Crippen molar-refractivity contribution >= 4 is 5.91 Å². The smallest absolute Gasteiger partial charge is 0.406 e. The number of methoxy groups -OCH3 is 1. The van der Waals surface area contributed by atoms with Crippen LogP contribution in [-0.2, 0) is 11.3 Å². The highest BCUT2D eigenvalue weighted by molar-refractivity contribution is 5.88. The first-order chi connectivity index (χ1) is 9.28. The summed E-state index contributed by atoms with van der Waals surface area (Å²) in [6.07, 6.45) is -2.49. The molecule has 3 nitrogen and oxygen atoms in total. The summed E-state index contributed by atoms with van der Waals surface area (Å²) in [5, 5.41) is 0. The molecule has 0 fully saturated rings. The lowest BCUT2D eigenvalue weighted by Crippen LogP contribution is -2.43. The van der Waals surface area contributed by atoms with Crippen LogP contribution in [-0.4, -0.2) is 24.1 Å². The van der Waals surface area contributed by atoms with E-state index in [1.165, 1.54) is 13.3 Å². The molecule has 0 aliphatic carbocycles. The molecule has 108 valence electrons. The Kier molecular flexibility index (Phi) is 3.50. The van der Waals surface area contributed by atoms with E-state index in [0.29, 0.717) is 5.75 Å². The Labute approximate surface area is 114 Å². The maximum Gasteiger partial charge on any atom is 0.406 e. The lowest BCUT2D eigenvalue weighted by Gasteiger charge is -2.26. The SMILES string of the molecule is COc1ccc(CN2C=CC(C)(C(F)(F)F)C2=O)cc1. The van der Waals surface area contributed by atoms with Crippen molar-refractivity contribution in [2.24, 2.45) is 5.41 Å². The molecular formula is C14H14F3NO2. The van der Waals surface area contributed by atoms with E-state index in [1.807, 2.05) is 0 Å². The highest BCUT2D eigenvalue weighted by atomic mass is 19.4. The molecule has 6 heteroatoms. The van der Waals surface area contributed by atoms with Crippen molar-refractivity contribution in [3.8, 4) is 5.75 Å². The minimum absolute atomic E-state index is 0.102. The molecule has 0 saturated carbocycles. The number of benzene rings is 1. The van der Waals surface area contributed by atoms with Gasteiger partial charge in [-0.25, -0.2) is 0 Å². The van der Waals surface area contributed by atoms with Gasteiger partial charge in [0.05, 0.1) is 13.7 Å². The molecule has 1 unspecified atom stereocenters. The number of amides is 1. The van der Waals surface area contributed by atoms with Crippen LogP contribution in [0.15, 0.2) is 36.5 Å². The zero-order chi connectivity index (χ0) is 15.0. The third kappa shape index (κ3) is 2.37. The average Bonchev–Trinajstić information content (AvgIpc) is 2.69.